The zero-order valence-corrected chi connectivity index (χ0v) is 14.5. The van der Waals surface area contributed by atoms with Gasteiger partial charge in [0.2, 0.25) is 0 Å². The Kier molecular flexibility index (Phi) is 4.08. The Labute approximate surface area is 141 Å². The second kappa shape index (κ2) is 5.90. The van der Waals surface area contributed by atoms with Crippen LogP contribution in [0, 0.1) is 24.4 Å². The maximum Gasteiger partial charge on any atom is 0.254 e. The second-order valence-electron chi connectivity index (χ2n) is 5.52. The Balaban J connectivity index is 1.94. The maximum atomic E-state index is 13.7. The number of imidazole rings is 1. The van der Waals surface area contributed by atoms with E-state index in [1.165, 1.54) is 21.9 Å². The van der Waals surface area contributed by atoms with E-state index in [-0.39, 0.29) is 17.5 Å². The van der Waals surface area contributed by atoms with Gasteiger partial charge in [-0.05, 0) is 56.8 Å². The third-order valence-corrected chi connectivity index (χ3v) is 4.91. The van der Waals surface area contributed by atoms with Crippen molar-refractivity contribution in [1.29, 1.82) is 0 Å². The molecule has 0 aliphatic heterocycles. The Bertz CT molecular complexity index is 954. The first-order chi connectivity index (χ1) is 10.8. The number of amides is 1. The van der Waals surface area contributed by atoms with E-state index in [0.717, 1.165) is 5.56 Å². The molecule has 0 aliphatic carbocycles. The number of hydrogen-bond donors (Lipinski definition) is 3. The van der Waals surface area contributed by atoms with Crippen molar-refractivity contribution in [2.75, 3.05) is 0 Å². The van der Waals surface area contributed by atoms with Crippen molar-refractivity contribution < 1.29 is 9.18 Å². The van der Waals surface area contributed by atoms with E-state index in [4.69, 9.17) is 12.2 Å². The maximum absolute atomic E-state index is 13.7. The number of nitrogens with one attached hydrogen (secondary N) is 3. The number of H-pyrrole nitrogens is 2. The van der Waals surface area contributed by atoms with Crippen LogP contribution >= 0.6 is 23.6 Å². The highest BCUT2D eigenvalue weighted by Crippen LogP contribution is 2.27. The molecular weight excluding hydrogens is 333 g/mol. The van der Waals surface area contributed by atoms with Crippen LogP contribution in [0.3, 0.4) is 0 Å². The lowest BCUT2D eigenvalue weighted by Crippen LogP contribution is -2.27. The summed E-state index contributed by atoms with van der Waals surface area (Å²) in [6.07, 6.45) is 0. The van der Waals surface area contributed by atoms with Crippen LogP contribution in [0.15, 0.2) is 18.2 Å². The highest BCUT2D eigenvalue weighted by molar-refractivity contribution is 7.71. The van der Waals surface area contributed by atoms with Crippen molar-refractivity contribution in [2.45, 2.75) is 26.8 Å². The van der Waals surface area contributed by atoms with Gasteiger partial charge in [0.1, 0.15) is 5.82 Å². The van der Waals surface area contributed by atoms with Gasteiger partial charge in [-0.2, -0.15) is 0 Å². The predicted octanol–water partition coefficient (Wildman–Crippen LogP) is 4.53. The summed E-state index contributed by atoms with van der Waals surface area (Å²) in [7, 11) is 0. The number of thiophene rings is 1. The van der Waals surface area contributed by atoms with Gasteiger partial charge in [-0.3, -0.25) is 4.79 Å². The number of carbonyl (C=O) groups is 1. The average Bonchev–Trinajstić information content (AvgIpc) is 2.98. The number of hydrogen-bond acceptors (Lipinski definition) is 3. The quantitative estimate of drug-likeness (QED) is 0.608. The van der Waals surface area contributed by atoms with Gasteiger partial charge in [-0.25, -0.2) is 4.39 Å². The van der Waals surface area contributed by atoms with Crippen LogP contribution in [0.1, 0.15) is 38.6 Å². The Morgan fingerprint density at radius 1 is 1.30 bits per heavy atom. The fourth-order valence-electron chi connectivity index (χ4n) is 2.72. The molecule has 2 heterocycles. The number of rotatable bonds is 3. The molecule has 4 nitrogen and oxygen atoms in total. The molecule has 0 aliphatic rings. The van der Waals surface area contributed by atoms with Gasteiger partial charge in [0.25, 0.3) is 5.91 Å². The minimum Gasteiger partial charge on any atom is -0.345 e. The van der Waals surface area contributed by atoms with Crippen molar-refractivity contribution >= 4 is 40.5 Å². The van der Waals surface area contributed by atoms with Crippen molar-refractivity contribution in [3.63, 3.8) is 0 Å². The van der Waals surface area contributed by atoms with E-state index in [9.17, 15) is 9.18 Å². The number of halogens is 1. The minimum atomic E-state index is -0.483. The fourth-order valence-corrected chi connectivity index (χ4v) is 3.95. The Hall–Kier alpha value is -1.99. The van der Waals surface area contributed by atoms with Crippen molar-refractivity contribution in [1.82, 2.24) is 15.3 Å². The summed E-state index contributed by atoms with van der Waals surface area (Å²) in [5.74, 6) is -0.821. The summed E-state index contributed by atoms with van der Waals surface area (Å²) in [5, 5.41) is 2.93. The van der Waals surface area contributed by atoms with E-state index in [1.807, 2.05) is 20.8 Å². The van der Waals surface area contributed by atoms with Gasteiger partial charge < -0.3 is 15.3 Å². The van der Waals surface area contributed by atoms with Gasteiger partial charge in [-0.1, -0.05) is 0 Å². The second-order valence-corrected chi connectivity index (χ2v) is 7.39. The molecule has 120 valence electrons. The smallest absolute Gasteiger partial charge is 0.254 e. The van der Waals surface area contributed by atoms with Gasteiger partial charge in [0.15, 0.2) is 4.77 Å². The van der Waals surface area contributed by atoms with Crippen LogP contribution in [0.25, 0.3) is 11.0 Å². The van der Waals surface area contributed by atoms with Crippen LogP contribution in [-0.4, -0.2) is 15.9 Å². The average molecular weight is 349 g/mol. The molecule has 3 aromatic rings. The molecule has 0 bridgehead atoms. The molecule has 0 saturated heterocycles. The zero-order chi connectivity index (χ0) is 16.7. The van der Waals surface area contributed by atoms with Gasteiger partial charge in [0, 0.05) is 9.75 Å². The standard InChI is InChI=1S/C16H16FN3OS2/c1-7-4-11(9(3)23-7)8(2)18-15(21)12-5-10(17)6-13-14(12)20-16(22)19-13/h4-6,8H,1-3H3,(H,18,21)(H2,19,20,22). The Morgan fingerprint density at radius 3 is 2.70 bits per heavy atom. The van der Waals surface area contributed by atoms with Crippen LogP contribution < -0.4 is 5.32 Å². The largest absolute Gasteiger partial charge is 0.345 e. The number of aryl methyl sites for hydroxylation is 2. The topological polar surface area (TPSA) is 60.7 Å². The molecule has 7 heteroatoms. The summed E-state index contributed by atoms with van der Waals surface area (Å²) in [6.45, 7) is 5.98. The molecule has 0 fully saturated rings. The summed E-state index contributed by atoms with van der Waals surface area (Å²) >= 11 is 6.72. The first-order valence-electron chi connectivity index (χ1n) is 7.14. The molecule has 1 aromatic carbocycles. The molecule has 3 rings (SSSR count). The third kappa shape index (κ3) is 3.07. The Morgan fingerprint density at radius 2 is 2.04 bits per heavy atom. The first-order valence-corrected chi connectivity index (χ1v) is 8.37. The number of carbonyl (C=O) groups excluding carboxylic acids is 1. The molecule has 0 radical (unpaired) electrons. The molecular formula is C16H16FN3OS2. The van der Waals surface area contributed by atoms with Crippen molar-refractivity contribution in [3.8, 4) is 0 Å². The summed E-state index contributed by atoms with van der Waals surface area (Å²) < 4.78 is 14.1. The van der Waals surface area contributed by atoms with Gasteiger partial charge >= 0.3 is 0 Å². The van der Waals surface area contributed by atoms with Crippen molar-refractivity contribution in [3.05, 3.63) is 49.7 Å². The van der Waals surface area contributed by atoms with E-state index in [0.29, 0.717) is 15.8 Å². The predicted molar refractivity (Wildman–Crippen MR) is 93.1 cm³/mol. The zero-order valence-electron chi connectivity index (χ0n) is 12.9. The lowest BCUT2D eigenvalue weighted by Gasteiger charge is -2.14. The number of benzene rings is 1. The molecule has 0 saturated carbocycles. The van der Waals surface area contributed by atoms with E-state index in [1.54, 1.807) is 11.3 Å². The fraction of sp³-hybridized carbons (Fsp3) is 0.250. The normalized spacial score (nSPS) is 12.5. The molecule has 0 spiro atoms. The molecule has 3 N–H and O–H groups in total. The van der Waals surface area contributed by atoms with Crippen molar-refractivity contribution in [2.24, 2.45) is 0 Å². The SMILES string of the molecule is Cc1cc(C(C)NC(=O)c2cc(F)cc3[nH]c(=S)[nH]c23)c(C)s1. The first kappa shape index (κ1) is 15.9. The van der Waals surface area contributed by atoms with Gasteiger partial charge in [-0.15, -0.1) is 11.3 Å². The number of aromatic nitrogens is 2. The molecule has 23 heavy (non-hydrogen) atoms. The lowest BCUT2D eigenvalue weighted by molar-refractivity contribution is 0.0941. The summed E-state index contributed by atoms with van der Waals surface area (Å²) in [6, 6.07) is 4.44. The lowest BCUT2D eigenvalue weighted by atomic mass is 10.1. The summed E-state index contributed by atoms with van der Waals surface area (Å²) in [5.41, 5.74) is 2.31. The van der Waals surface area contributed by atoms with Crippen LogP contribution in [0.4, 0.5) is 4.39 Å². The van der Waals surface area contributed by atoms with E-state index < -0.39 is 5.82 Å². The molecule has 2 aromatic heterocycles. The van der Waals surface area contributed by atoms with E-state index in [2.05, 4.69) is 21.4 Å². The molecule has 1 unspecified atom stereocenters. The van der Waals surface area contributed by atoms with E-state index >= 15 is 0 Å². The summed E-state index contributed by atoms with van der Waals surface area (Å²) in [4.78, 5) is 20.7. The van der Waals surface area contributed by atoms with Crippen LogP contribution in [0.5, 0.6) is 0 Å². The number of fused-ring (bicyclic) bond motifs is 1. The molecule has 1 amide bonds. The van der Waals surface area contributed by atoms with Crippen LogP contribution in [-0.2, 0) is 0 Å². The third-order valence-electron chi connectivity index (χ3n) is 3.73. The molecule has 1 atom stereocenters. The van der Waals surface area contributed by atoms with Crippen LogP contribution in [0.2, 0.25) is 0 Å². The van der Waals surface area contributed by atoms with Gasteiger partial charge in [0.05, 0.1) is 22.6 Å². The highest BCUT2D eigenvalue weighted by Gasteiger charge is 2.18. The monoisotopic (exact) mass is 349 g/mol. The minimum absolute atomic E-state index is 0.160. The highest BCUT2D eigenvalue weighted by atomic mass is 32.1. The number of aromatic amines is 2.